The standard InChI is InChI=1S/C10H12N2O3/c11-12-9(13)6-10(14)15-7-8-4-2-1-3-5-8/h1-5H,6-7,11H2,(H,12,13). The topological polar surface area (TPSA) is 81.4 Å². The van der Waals surface area contributed by atoms with E-state index >= 15 is 0 Å². The van der Waals surface area contributed by atoms with Crippen molar-refractivity contribution in [3.05, 3.63) is 35.9 Å². The van der Waals surface area contributed by atoms with E-state index < -0.39 is 11.9 Å². The summed E-state index contributed by atoms with van der Waals surface area (Å²) < 4.78 is 4.85. The van der Waals surface area contributed by atoms with Crippen LogP contribution in [0, 0.1) is 0 Å². The minimum Gasteiger partial charge on any atom is -0.460 e. The Morgan fingerprint density at radius 1 is 1.27 bits per heavy atom. The molecule has 0 saturated heterocycles. The minimum absolute atomic E-state index is 0.164. The van der Waals surface area contributed by atoms with Crippen molar-refractivity contribution < 1.29 is 14.3 Å². The number of hydrazine groups is 1. The molecule has 0 bridgehead atoms. The van der Waals surface area contributed by atoms with Crippen molar-refractivity contribution in [2.45, 2.75) is 13.0 Å². The molecule has 0 saturated carbocycles. The maximum atomic E-state index is 11.0. The molecule has 1 aromatic rings. The summed E-state index contributed by atoms with van der Waals surface area (Å²) in [5.41, 5.74) is 2.73. The van der Waals surface area contributed by atoms with Crippen LogP contribution in [0.1, 0.15) is 12.0 Å². The zero-order chi connectivity index (χ0) is 11.1. The first-order chi connectivity index (χ1) is 7.22. The Hall–Kier alpha value is -1.88. The number of hydrogen-bond acceptors (Lipinski definition) is 4. The average molecular weight is 208 g/mol. The maximum absolute atomic E-state index is 11.0. The van der Waals surface area contributed by atoms with Gasteiger partial charge in [0.1, 0.15) is 13.0 Å². The average Bonchev–Trinajstić information content (AvgIpc) is 2.27. The number of nitrogens with one attached hydrogen (secondary N) is 1. The highest BCUT2D eigenvalue weighted by molar-refractivity contribution is 5.93. The summed E-state index contributed by atoms with van der Waals surface area (Å²) in [6.07, 6.45) is -0.358. The molecule has 5 nitrogen and oxygen atoms in total. The Bertz CT molecular complexity index is 338. The van der Waals surface area contributed by atoms with E-state index in [2.05, 4.69) is 0 Å². The molecule has 0 aromatic heterocycles. The third kappa shape index (κ3) is 4.24. The minimum atomic E-state index is -0.596. The van der Waals surface area contributed by atoms with Crippen LogP contribution in [0.25, 0.3) is 0 Å². The fraction of sp³-hybridized carbons (Fsp3) is 0.200. The third-order valence-electron chi connectivity index (χ3n) is 1.71. The zero-order valence-corrected chi connectivity index (χ0v) is 8.10. The first-order valence-corrected chi connectivity index (χ1v) is 4.41. The van der Waals surface area contributed by atoms with Gasteiger partial charge in [0, 0.05) is 0 Å². The predicted octanol–water partition coefficient (Wildman–Crippen LogP) is 0.110. The second kappa shape index (κ2) is 5.77. The number of esters is 1. The van der Waals surface area contributed by atoms with Gasteiger partial charge in [-0.1, -0.05) is 30.3 Å². The van der Waals surface area contributed by atoms with Gasteiger partial charge in [0.05, 0.1) is 0 Å². The Morgan fingerprint density at radius 3 is 2.53 bits per heavy atom. The smallest absolute Gasteiger partial charge is 0.315 e. The number of hydrogen-bond donors (Lipinski definition) is 2. The molecule has 0 aliphatic rings. The number of benzene rings is 1. The summed E-state index contributed by atoms with van der Waals surface area (Å²) in [6.45, 7) is 0.164. The predicted molar refractivity (Wildman–Crippen MR) is 53.2 cm³/mol. The Balaban J connectivity index is 2.32. The van der Waals surface area contributed by atoms with Gasteiger partial charge in [0.15, 0.2) is 0 Å². The quantitative estimate of drug-likeness (QED) is 0.242. The van der Waals surface area contributed by atoms with Gasteiger partial charge < -0.3 is 4.74 Å². The molecule has 0 radical (unpaired) electrons. The molecule has 3 N–H and O–H groups in total. The van der Waals surface area contributed by atoms with E-state index in [0.29, 0.717) is 0 Å². The van der Waals surface area contributed by atoms with Crippen molar-refractivity contribution in [2.75, 3.05) is 0 Å². The van der Waals surface area contributed by atoms with E-state index in [9.17, 15) is 9.59 Å². The summed E-state index contributed by atoms with van der Waals surface area (Å²) in [4.78, 5) is 21.7. The molecule has 0 aliphatic carbocycles. The molecule has 0 aliphatic heterocycles. The van der Waals surface area contributed by atoms with Crippen molar-refractivity contribution in [1.82, 2.24) is 5.43 Å². The molecule has 1 amide bonds. The Labute approximate surface area is 87.2 Å². The van der Waals surface area contributed by atoms with E-state index in [1.54, 1.807) is 0 Å². The van der Waals surface area contributed by atoms with E-state index in [1.165, 1.54) is 0 Å². The Kier molecular flexibility index (Phi) is 4.30. The van der Waals surface area contributed by atoms with Crippen LogP contribution in [0.5, 0.6) is 0 Å². The summed E-state index contributed by atoms with van der Waals surface area (Å²) in [5, 5.41) is 0. The fourth-order valence-electron chi connectivity index (χ4n) is 0.971. The van der Waals surface area contributed by atoms with Crippen molar-refractivity contribution in [3.8, 4) is 0 Å². The van der Waals surface area contributed by atoms with Crippen molar-refractivity contribution in [3.63, 3.8) is 0 Å². The first-order valence-electron chi connectivity index (χ1n) is 4.41. The summed E-state index contributed by atoms with van der Waals surface area (Å²) in [6, 6.07) is 9.21. The van der Waals surface area contributed by atoms with Crippen molar-refractivity contribution in [1.29, 1.82) is 0 Å². The van der Waals surface area contributed by atoms with Gasteiger partial charge in [-0.05, 0) is 5.56 Å². The number of amides is 1. The highest BCUT2D eigenvalue weighted by Gasteiger charge is 2.08. The van der Waals surface area contributed by atoms with Gasteiger partial charge in [-0.15, -0.1) is 0 Å². The lowest BCUT2D eigenvalue weighted by Gasteiger charge is -2.03. The van der Waals surface area contributed by atoms with Crippen LogP contribution in [-0.4, -0.2) is 11.9 Å². The molecule has 0 unspecified atom stereocenters. The van der Waals surface area contributed by atoms with E-state index in [1.807, 2.05) is 35.8 Å². The summed E-state index contributed by atoms with van der Waals surface area (Å²) in [7, 11) is 0. The van der Waals surface area contributed by atoms with E-state index in [0.717, 1.165) is 5.56 Å². The lowest BCUT2D eigenvalue weighted by atomic mass is 10.2. The number of ether oxygens (including phenoxy) is 1. The molecule has 1 aromatic carbocycles. The number of carbonyl (C=O) groups excluding carboxylic acids is 2. The monoisotopic (exact) mass is 208 g/mol. The largest absolute Gasteiger partial charge is 0.460 e. The van der Waals surface area contributed by atoms with E-state index in [4.69, 9.17) is 10.6 Å². The first kappa shape index (κ1) is 11.2. The van der Waals surface area contributed by atoms with Crippen LogP contribution in [0.4, 0.5) is 0 Å². The van der Waals surface area contributed by atoms with Crippen molar-refractivity contribution in [2.24, 2.45) is 5.84 Å². The molecular formula is C10H12N2O3. The van der Waals surface area contributed by atoms with Gasteiger partial charge in [-0.2, -0.15) is 0 Å². The molecule has 5 heteroatoms. The summed E-state index contributed by atoms with van der Waals surface area (Å²) >= 11 is 0. The molecule has 0 fully saturated rings. The molecule has 0 heterocycles. The number of carbonyl (C=O) groups is 2. The number of nitrogens with two attached hydrogens (primary N) is 1. The zero-order valence-electron chi connectivity index (χ0n) is 8.10. The molecular weight excluding hydrogens is 196 g/mol. The third-order valence-corrected chi connectivity index (χ3v) is 1.71. The van der Waals surface area contributed by atoms with Crippen LogP contribution in [0.15, 0.2) is 30.3 Å². The Morgan fingerprint density at radius 2 is 1.93 bits per heavy atom. The van der Waals surface area contributed by atoms with Crippen LogP contribution < -0.4 is 11.3 Å². The second-order valence-corrected chi connectivity index (χ2v) is 2.89. The fourth-order valence-corrected chi connectivity index (χ4v) is 0.971. The highest BCUT2D eigenvalue weighted by atomic mass is 16.5. The molecule has 80 valence electrons. The van der Waals surface area contributed by atoms with Crippen LogP contribution in [0.2, 0.25) is 0 Å². The van der Waals surface area contributed by atoms with Gasteiger partial charge in [-0.25, -0.2) is 5.84 Å². The molecule has 15 heavy (non-hydrogen) atoms. The van der Waals surface area contributed by atoms with Gasteiger partial charge in [-0.3, -0.25) is 15.0 Å². The van der Waals surface area contributed by atoms with Gasteiger partial charge in [0.2, 0.25) is 5.91 Å². The number of rotatable bonds is 4. The van der Waals surface area contributed by atoms with Gasteiger partial charge in [0.25, 0.3) is 0 Å². The van der Waals surface area contributed by atoms with Crippen molar-refractivity contribution >= 4 is 11.9 Å². The molecule has 0 atom stereocenters. The normalized spacial score (nSPS) is 9.40. The van der Waals surface area contributed by atoms with Crippen LogP contribution >= 0.6 is 0 Å². The SMILES string of the molecule is NNC(=O)CC(=O)OCc1ccccc1. The van der Waals surface area contributed by atoms with Crippen LogP contribution in [0.3, 0.4) is 0 Å². The lowest BCUT2D eigenvalue weighted by molar-refractivity contribution is -0.147. The summed E-state index contributed by atoms with van der Waals surface area (Å²) in [5.74, 6) is 3.66. The lowest BCUT2D eigenvalue weighted by Crippen LogP contribution is -2.32. The van der Waals surface area contributed by atoms with E-state index in [-0.39, 0.29) is 13.0 Å². The highest BCUT2D eigenvalue weighted by Crippen LogP contribution is 2.01. The molecule has 0 spiro atoms. The maximum Gasteiger partial charge on any atom is 0.315 e. The van der Waals surface area contributed by atoms with Gasteiger partial charge >= 0.3 is 5.97 Å². The van der Waals surface area contributed by atoms with Crippen LogP contribution in [-0.2, 0) is 20.9 Å². The second-order valence-electron chi connectivity index (χ2n) is 2.89. The molecule has 1 rings (SSSR count).